The second-order valence-electron chi connectivity index (χ2n) is 5.06. The van der Waals surface area contributed by atoms with Gasteiger partial charge >= 0.3 is 0 Å². The third-order valence-electron chi connectivity index (χ3n) is 2.77. The molecule has 0 heterocycles. The maximum Gasteiger partial charge on any atom is 0.248 e. The van der Waals surface area contributed by atoms with Gasteiger partial charge in [-0.2, -0.15) is 0 Å². The van der Waals surface area contributed by atoms with Crippen LogP contribution in [-0.4, -0.2) is 11.8 Å². The van der Waals surface area contributed by atoms with Crippen LogP contribution in [0.1, 0.15) is 26.7 Å². The van der Waals surface area contributed by atoms with Crippen molar-refractivity contribution in [1.29, 1.82) is 0 Å². The first kappa shape index (κ1) is 13.3. The Kier molecular flexibility index (Phi) is 4.00. The standard InChI is InChI=1S/C15H18N2O2/c1-10(2)8-14(18)16-12-4-3-5-13(9-12)17-15(19)11-6-7-11/h3-5,8-9,11H,6-7H2,1-2H3,(H,16,18)(H,17,19). The van der Waals surface area contributed by atoms with E-state index in [0.29, 0.717) is 11.4 Å². The summed E-state index contributed by atoms with van der Waals surface area (Å²) < 4.78 is 0. The van der Waals surface area contributed by atoms with Crippen molar-refractivity contribution >= 4 is 23.2 Å². The predicted octanol–water partition coefficient (Wildman–Crippen LogP) is 2.94. The van der Waals surface area contributed by atoms with E-state index >= 15 is 0 Å². The molecule has 100 valence electrons. The topological polar surface area (TPSA) is 58.2 Å². The van der Waals surface area contributed by atoms with Gasteiger partial charge in [-0.05, 0) is 44.9 Å². The number of nitrogens with one attached hydrogen (secondary N) is 2. The Labute approximate surface area is 112 Å². The van der Waals surface area contributed by atoms with Crippen molar-refractivity contribution in [3.8, 4) is 0 Å². The van der Waals surface area contributed by atoms with Crippen LogP contribution in [0.25, 0.3) is 0 Å². The second-order valence-corrected chi connectivity index (χ2v) is 5.06. The van der Waals surface area contributed by atoms with Gasteiger partial charge < -0.3 is 10.6 Å². The second kappa shape index (κ2) is 5.69. The summed E-state index contributed by atoms with van der Waals surface area (Å²) in [6.07, 6.45) is 3.49. The summed E-state index contributed by atoms with van der Waals surface area (Å²) in [7, 11) is 0. The quantitative estimate of drug-likeness (QED) is 0.816. The third-order valence-corrected chi connectivity index (χ3v) is 2.77. The minimum Gasteiger partial charge on any atom is -0.326 e. The van der Waals surface area contributed by atoms with Crippen LogP contribution in [0.2, 0.25) is 0 Å². The van der Waals surface area contributed by atoms with Crippen molar-refractivity contribution in [2.45, 2.75) is 26.7 Å². The lowest BCUT2D eigenvalue weighted by Crippen LogP contribution is -2.14. The van der Waals surface area contributed by atoms with Gasteiger partial charge in [-0.15, -0.1) is 0 Å². The SMILES string of the molecule is CC(C)=CC(=O)Nc1cccc(NC(=O)C2CC2)c1. The first-order chi connectivity index (χ1) is 9.04. The summed E-state index contributed by atoms with van der Waals surface area (Å²) in [5.41, 5.74) is 2.33. The molecular formula is C15H18N2O2. The Morgan fingerprint density at radius 3 is 2.37 bits per heavy atom. The van der Waals surface area contributed by atoms with Crippen molar-refractivity contribution in [1.82, 2.24) is 0 Å². The largest absolute Gasteiger partial charge is 0.326 e. The van der Waals surface area contributed by atoms with Crippen molar-refractivity contribution < 1.29 is 9.59 Å². The van der Waals surface area contributed by atoms with Crippen LogP contribution in [0.5, 0.6) is 0 Å². The molecule has 2 rings (SSSR count). The first-order valence-corrected chi connectivity index (χ1v) is 6.41. The number of carbonyl (C=O) groups is 2. The smallest absolute Gasteiger partial charge is 0.248 e. The van der Waals surface area contributed by atoms with Crippen LogP contribution in [0.3, 0.4) is 0 Å². The van der Waals surface area contributed by atoms with Gasteiger partial charge in [0.05, 0.1) is 0 Å². The number of amides is 2. The maximum atomic E-state index is 11.6. The van der Waals surface area contributed by atoms with Gasteiger partial charge in [0.25, 0.3) is 0 Å². The van der Waals surface area contributed by atoms with E-state index in [9.17, 15) is 9.59 Å². The van der Waals surface area contributed by atoms with E-state index in [1.165, 1.54) is 6.08 Å². The number of allylic oxidation sites excluding steroid dienone is 1. The van der Waals surface area contributed by atoms with Crippen LogP contribution in [0, 0.1) is 5.92 Å². The van der Waals surface area contributed by atoms with Gasteiger partial charge in [-0.25, -0.2) is 0 Å². The van der Waals surface area contributed by atoms with Gasteiger partial charge in [-0.1, -0.05) is 11.6 Å². The van der Waals surface area contributed by atoms with Gasteiger partial charge in [0.15, 0.2) is 0 Å². The molecule has 2 amide bonds. The molecule has 1 aromatic rings. The molecule has 0 radical (unpaired) electrons. The molecule has 0 saturated heterocycles. The van der Waals surface area contributed by atoms with Gasteiger partial charge in [-0.3, -0.25) is 9.59 Å². The molecule has 4 nitrogen and oxygen atoms in total. The van der Waals surface area contributed by atoms with E-state index in [2.05, 4.69) is 10.6 Å². The molecule has 0 unspecified atom stereocenters. The summed E-state index contributed by atoms with van der Waals surface area (Å²) >= 11 is 0. The van der Waals surface area contributed by atoms with E-state index < -0.39 is 0 Å². The van der Waals surface area contributed by atoms with Crippen LogP contribution in [0.15, 0.2) is 35.9 Å². The molecule has 0 aliphatic heterocycles. The van der Waals surface area contributed by atoms with Crippen molar-refractivity contribution in [3.05, 3.63) is 35.9 Å². The highest BCUT2D eigenvalue weighted by atomic mass is 16.2. The fraction of sp³-hybridized carbons (Fsp3) is 0.333. The molecule has 1 aromatic carbocycles. The number of benzene rings is 1. The van der Waals surface area contributed by atoms with E-state index in [1.807, 2.05) is 19.9 Å². The molecule has 0 atom stereocenters. The van der Waals surface area contributed by atoms with Crippen molar-refractivity contribution in [3.63, 3.8) is 0 Å². The zero-order valence-corrected chi connectivity index (χ0v) is 11.2. The average Bonchev–Trinajstić information content (AvgIpc) is 3.11. The predicted molar refractivity (Wildman–Crippen MR) is 75.9 cm³/mol. The molecule has 1 fully saturated rings. The Bertz CT molecular complexity index is 527. The number of anilines is 2. The molecular weight excluding hydrogens is 240 g/mol. The normalized spacial score (nSPS) is 13.6. The molecule has 1 saturated carbocycles. The Hall–Kier alpha value is -2.10. The highest BCUT2D eigenvalue weighted by Crippen LogP contribution is 2.30. The molecule has 19 heavy (non-hydrogen) atoms. The average molecular weight is 258 g/mol. The van der Waals surface area contributed by atoms with Crippen LogP contribution in [-0.2, 0) is 9.59 Å². The Morgan fingerprint density at radius 1 is 1.16 bits per heavy atom. The number of carbonyl (C=O) groups excluding carboxylic acids is 2. The molecule has 1 aliphatic rings. The lowest BCUT2D eigenvalue weighted by molar-refractivity contribution is -0.117. The number of hydrogen-bond acceptors (Lipinski definition) is 2. The fourth-order valence-electron chi connectivity index (χ4n) is 1.71. The molecule has 0 spiro atoms. The monoisotopic (exact) mass is 258 g/mol. The summed E-state index contributed by atoms with van der Waals surface area (Å²) in [6, 6.07) is 7.18. The fourth-order valence-corrected chi connectivity index (χ4v) is 1.71. The summed E-state index contributed by atoms with van der Waals surface area (Å²) in [6.45, 7) is 3.73. The molecule has 0 aromatic heterocycles. The van der Waals surface area contributed by atoms with Crippen molar-refractivity contribution in [2.75, 3.05) is 10.6 Å². The van der Waals surface area contributed by atoms with Gasteiger partial charge in [0, 0.05) is 23.4 Å². The molecule has 0 bridgehead atoms. The lowest BCUT2D eigenvalue weighted by atomic mass is 10.2. The van der Waals surface area contributed by atoms with E-state index in [4.69, 9.17) is 0 Å². The first-order valence-electron chi connectivity index (χ1n) is 6.41. The van der Waals surface area contributed by atoms with E-state index in [1.54, 1.807) is 18.2 Å². The van der Waals surface area contributed by atoms with E-state index in [0.717, 1.165) is 18.4 Å². The van der Waals surface area contributed by atoms with Gasteiger partial charge in [0.2, 0.25) is 11.8 Å². The Balaban J connectivity index is 2.00. The van der Waals surface area contributed by atoms with Crippen molar-refractivity contribution in [2.24, 2.45) is 5.92 Å². The van der Waals surface area contributed by atoms with E-state index in [-0.39, 0.29) is 17.7 Å². The van der Waals surface area contributed by atoms with Crippen LogP contribution < -0.4 is 10.6 Å². The molecule has 4 heteroatoms. The maximum absolute atomic E-state index is 11.6. The van der Waals surface area contributed by atoms with Crippen LogP contribution >= 0.6 is 0 Å². The summed E-state index contributed by atoms with van der Waals surface area (Å²) in [5.74, 6) is 0.0716. The minimum absolute atomic E-state index is 0.0628. The zero-order valence-electron chi connectivity index (χ0n) is 11.2. The van der Waals surface area contributed by atoms with Crippen LogP contribution in [0.4, 0.5) is 11.4 Å². The molecule has 2 N–H and O–H groups in total. The number of rotatable bonds is 4. The number of hydrogen-bond donors (Lipinski definition) is 2. The zero-order chi connectivity index (χ0) is 13.8. The highest BCUT2D eigenvalue weighted by Gasteiger charge is 2.29. The minimum atomic E-state index is -0.161. The Morgan fingerprint density at radius 2 is 1.79 bits per heavy atom. The summed E-state index contributed by atoms with van der Waals surface area (Å²) in [5, 5.41) is 5.62. The lowest BCUT2D eigenvalue weighted by Gasteiger charge is -2.07. The third kappa shape index (κ3) is 4.25. The van der Waals surface area contributed by atoms with Gasteiger partial charge in [0.1, 0.15) is 0 Å². The molecule has 1 aliphatic carbocycles. The highest BCUT2D eigenvalue weighted by molar-refractivity contribution is 6.00. The summed E-state index contributed by atoms with van der Waals surface area (Å²) in [4.78, 5) is 23.2.